The molecule has 0 bridgehead atoms. The Kier molecular flexibility index (Phi) is 4.89. The van der Waals surface area contributed by atoms with Gasteiger partial charge in [0.25, 0.3) is 5.91 Å². The summed E-state index contributed by atoms with van der Waals surface area (Å²) in [6, 6.07) is 13.9. The van der Waals surface area contributed by atoms with Gasteiger partial charge in [0.15, 0.2) is 0 Å². The molecule has 0 unspecified atom stereocenters. The number of hydrogen-bond donors (Lipinski definition) is 2. The quantitative estimate of drug-likeness (QED) is 0.541. The maximum Gasteiger partial charge on any atom is 0.254 e. The molecule has 2 aromatic heterocycles. The van der Waals surface area contributed by atoms with Crippen molar-refractivity contribution in [3.05, 3.63) is 77.6 Å². The van der Waals surface area contributed by atoms with Crippen LogP contribution in [0.4, 0.5) is 4.39 Å². The largest absolute Gasteiger partial charge is 0.351 e. The van der Waals surface area contributed by atoms with Gasteiger partial charge in [0, 0.05) is 13.0 Å². The van der Waals surface area contributed by atoms with E-state index in [9.17, 15) is 9.18 Å². The number of benzene rings is 2. The maximum atomic E-state index is 13.2. The van der Waals surface area contributed by atoms with Crippen molar-refractivity contribution in [2.24, 2.45) is 0 Å². The average Bonchev–Trinajstić information content (AvgIpc) is 3.32. The molecule has 4 rings (SSSR count). The Morgan fingerprint density at radius 2 is 1.96 bits per heavy atom. The highest BCUT2D eigenvalue weighted by Crippen LogP contribution is 2.16. The van der Waals surface area contributed by atoms with Crippen LogP contribution in [0.2, 0.25) is 0 Å². The number of amides is 1. The lowest BCUT2D eigenvalue weighted by atomic mass is 10.2. The number of halogens is 1. The third-order valence-corrected chi connectivity index (χ3v) is 4.61. The van der Waals surface area contributed by atoms with Crippen molar-refractivity contribution in [1.29, 1.82) is 0 Å². The molecule has 2 heterocycles. The number of H-pyrrole nitrogens is 1. The van der Waals surface area contributed by atoms with Gasteiger partial charge in [-0.1, -0.05) is 19.1 Å². The highest BCUT2D eigenvalue weighted by Gasteiger charge is 2.17. The number of carbonyl (C=O) groups excluding carboxylic acids is 1. The van der Waals surface area contributed by atoms with Gasteiger partial charge in [-0.15, -0.1) is 0 Å². The number of hydrogen-bond acceptors (Lipinski definition) is 3. The third kappa shape index (κ3) is 3.51. The summed E-state index contributed by atoms with van der Waals surface area (Å²) < 4.78 is 14.8. The molecule has 2 N–H and O–H groups in total. The molecule has 0 saturated carbocycles. The fraction of sp³-hybridized carbons (Fsp3) is 0.190. The molecule has 2 aromatic carbocycles. The third-order valence-electron chi connectivity index (χ3n) is 4.61. The molecule has 0 spiro atoms. The number of aromatic nitrogens is 4. The molecular weight excluding hydrogens is 357 g/mol. The Morgan fingerprint density at radius 3 is 2.71 bits per heavy atom. The standard InChI is InChI=1S/C21H20FN5O/c1-2-19-16(13-24-27(19)15-9-7-14(22)8-10-15)21(28)23-12-11-20-25-17-5-3-4-6-18(17)26-20/h3-10,13H,2,11-12H2,1H3,(H,23,28)(H,25,26). The Hall–Kier alpha value is -3.48. The normalized spacial score (nSPS) is 11.1. The second kappa shape index (κ2) is 7.64. The van der Waals surface area contributed by atoms with E-state index < -0.39 is 0 Å². The van der Waals surface area contributed by atoms with E-state index in [1.807, 2.05) is 31.2 Å². The minimum atomic E-state index is -0.308. The molecule has 4 aromatic rings. The topological polar surface area (TPSA) is 75.6 Å². The van der Waals surface area contributed by atoms with Crippen molar-refractivity contribution in [1.82, 2.24) is 25.1 Å². The van der Waals surface area contributed by atoms with Crippen LogP contribution in [-0.2, 0) is 12.8 Å². The zero-order valence-corrected chi connectivity index (χ0v) is 15.4. The lowest BCUT2D eigenvalue weighted by Crippen LogP contribution is -2.26. The molecule has 0 aliphatic carbocycles. The number of imidazole rings is 1. The summed E-state index contributed by atoms with van der Waals surface area (Å²) in [7, 11) is 0. The Balaban J connectivity index is 1.45. The van der Waals surface area contributed by atoms with Crippen LogP contribution in [0.1, 0.15) is 28.8 Å². The monoisotopic (exact) mass is 377 g/mol. The van der Waals surface area contributed by atoms with Gasteiger partial charge in [-0.2, -0.15) is 5.10 Å². The summed E-state index contributed by atoms with van der Waals surface area (Å²) in [5.74, 6) is 0.345. The first kappa shape index (κ1) is 17.9. The maximum absolute atomic E-state index is 13.2. The van der Waals surface area contributed by atoms with Gasteiger partial charge in [-0.25, -0.2) is 14.1 Å². The second-order valence-corrected chi connectivity index (χ2v) is 6.45. The highest BCUT2D eigenvalue weighted by molar-refractivity contribution is 5.95. The first-order valence-electron chi connectivity index (χ1n) is 9.20. The highest BCUT2D eigenvalue weighted by atomic mass is 19.1. The van der Waals surface area contributed by atoms with Crippen LogP contribution in [0.15, 0.2) is 54.7 Å². The SMILES string of the molecule is CCc1c(C(=O)NCCc2nc3ccccc3[nH]2)cnn1-c1ccc(F)cc1. The van der Waals surface area contributed by atoms with Crippen molar-refractivity contribution in [2.45, 2.75) is 19.8 Å². The first-order valence-corrected chi connectivity index (χ1v) is 9.20. The molecule has 0 aliphatic rings. The molecule has 0 fully saturated rings. The van der Waals surface area contributed by atoms with Crippen molar-refractivity contribution >= 4 is 16.9 Å². The van der Waals surface area contributed by atoms with E-state index in [1.54, 1.807) is 23.0 Å². The summed E-state index contributed by atoms with van der Waals surface area (Å²) >= 11 is 0. The van der Waals surface area contributed by atoms with E-state index >= 15 is 0 Å². The van der Waals surface area contributed by atoms with E-state index in [2.05, 4.69) is 20.4 Å². The van der Waals surface area contributed by atoms with E-state index in [0.29, 0.717) is 24.9 Å². The summed E-state index contributed by atoms with van der Waals surface area (Å²) in [5.41, 5.74) is 3.93. The molecule has 7 heteroatoms. The van der Waals surface area contributed by atoms with Crippen LogP contribution in [0, 0.1) is 5.82 Å². The van der Waals surface area contributed by atoms with E-state index in [-0.39, 0.29) is 11.7 Å². The van der Waals surface area contributed by atoms with Crippen molar-refractivity contribution < 1.29 is 9.18 Å². The molecule has 0 atom stereocenters. The van der Waals surface area contributed by atoms with Gasteiger partial charge in [0.2, 0.25) is 0 Å². The number of carbonyl (C=O) groups is 1. The molecule has 0 radical (unpaired) electrons. The number of rotatable bonds is 6. The second-order valence-electron chi connectivity index (χ2n) is 6.45. The Morgan fingerprint density at radius 1 is 1.18 bits per heavy atom. The summed E-state index contributed by atoms with van der Waals surface area (Å²) in [6.07, 6.45) is 2.79. The zero-order chi connectivity index (χ0) is 19.5. The number of fused-ring (bicyclic) bond motifs is 1. The summed E-state index contributed by atoms with van der Waals surface area (Å²) in [4.78, 5) is 20.4. The molecular formula is C21H20FN5O. The van der Waals surface area contributed by atoms with Crippen LogP contribution >= 0.6 is 0 Å². The minimum absolute atomic E-state index is 0.179. The van der Waals surface area contributed by atoms with Crippen LogP contribution in [0.3, 0.4) is 0 Å². The predicted octanol–water partition coefficient (Wildman–Crippen LogP) is 3.42. The van der Waals surface area contributed by atoms with Gasteiger partial charge in [0.05, 0.1) is 34.2 Å². The summed E-state index contributed by atoms with van der Waals surface area (Å²) in [6.45, 7) is 2.42. The van der Waals surface area contributed by atoms with Gasteiger partial charge in [0.1, 0.15) is 11.6 Å². The number of nitrogens with zero attached hydrogens (tertiary/aromatic N) is 3. The number of para-hydroxylation sites is 2. The average molecular weight is 377 g/mol. The van der Waals surface area contributed by atoms with Crippen LogP contribution in [0.5, 0.6) is 0 Å². The fourth-order valence-corrected chi connectivity index (χ4v) is 3.22. The lowest BCUT2D eigenvalue weighted by Gasteiger charge is -2.08. The number of aromatic amines is 1. The Bertz CT molecular complexity index is 1080. The van der Waals surface area contributed by atoms with Crippen molar-refractivity contribution in [2.75, 3.05) is 6.54 Å². The van der Waals surface area contributed by atoms with Crippen LogP contribution in [-0.4, -0.2) is 32.2 Å². The minimum Gasteiger partial charge on any atom is -0.351 e. The van der Waals surface area contributed by atoms with Gasteiger partial charge in [-0.05, 0) is 42.8 Å². The molecule has 1 amide bonds. The van der Waals surface area contributed by atoms with Gasteiger partial charge < -0.3 is 10.3 Å². The predicted molar refractivity (Wildman–Crippen MR) is 105 cm³/mol. The van der Waals surface area contributed by atoms with E-state index in [4.69, 9.17) is 0 Å². The zero-order valence-electron chi connectivity index (χ0n) is 15.4. The van der Waals surface area contributed by atoms with E-state index in [0.717, 1.165) is 28.2 Å². The molecule has 28 heavy (non-hydrogen) atoms. The van der Waals surface area contributed by atoms with Gasteiger partial charge >= 0.3 is 0 Å². The summed E-state index contributed by atoms with van der Waals surface area (Å²) in [5, 5.41) is 7.25. The number of nitrogens with one attached hydrogen (secondary N) is 2. The molecule has 0 saturated heterocycles. The first-order chi connectivity index (χ1) is 13.7. The molecule has 0 aliphatic heterocycles. The van der Waals surface area contributed by atoms with Crippen LogP contribution in [0.25, 0.3) is 16.7 Å². The molecule has 6 nitrogen and oxygen atoms in total. The lowest BCUT2D eigenvalue weighted by molar-refractivity contribution is 0.0953. The van der Waals surface area contributed by atoms with E-state index in [1.165, 1.54) is 12.1 Å². The van der Waals surface area contributed by atoms with Crippen molar-refractivity contribution in [3.63, 3.8) is 0 Å². The smallest absolute Gasteiger partial charge is 0.254 e. The Labute approximate surface area is 161 Å². The molecule has 142 valence electrons. The van der Waals surface area contributed by atoms with Crippen LogP contribution < -0.4 is 5.32 Å². The fourth-order valence-electron chi connectivity index (χ4n) is 3.22. The van der Waals surface area contributed by atoms with Gasteiger partial charge in [-0.3, -0.25) is 4.79 Å². The van der Waals surface area contributed by atoms with Crippen molar-refractivity contribution in [3.8, 4) is 5.69 Å².